The minimum atomic E-state index is -0.202. The molecule has 3 aromatic rings. The molecule has 130 valence electrons. The summed E-state index contributed by atoms with van der Waals surface area (Å²) in [5.41, 5.74) is 2.57. The van der Waals surface area contributed by atoms with Gasteiger partial charge in [0.1, 0.15) is 0 Å². The van der Waals surface area contributed by atoms with Crippen molar-refractivity contribution in [1.29, 1.82) is 0 Å². The van der Waals surface area contributed by atoms with Gasteiger partial charge in [-0.3, -0.25) is 9.59 Å². The summed E-state index contributed by atoms with van der Waals surface area (Å²) in [6.07, 6.45) is 0. The number of halogens is 1. The van der Waals surface area contributed by atoms with Crippen LogP contribution in [0, 0.1) is 0 Å². The fourth-order valence-electron chi connectivity index (χ4n) is 2.49. The van der Waals surface area contributed by atoms with Crippen molar-refractivity contribution in [3.05, 3.63) is 94.5 Å². The summed E-state index contributed by atoms with van der Waals surface area (Å²) in [5, 5.41) is 2.83. The monoisotopic (exact) mass is 408 g/mol. The summed E-state index contributed by atoms with van der Waals surface area (Å²) < 4.78 is 0.843. The third-order valence-electron chi connectivity index (χ3n) is 3.92. The maximum absolute atomic E-state index is 12.6. The number of anilines is 2. The molecular formula is C21H17BrN2O2. The number of benzene rings is 3. The summed E-state index contributed by atoms with van der Waals surface area (Å²) in [5.74, 6) is -0.312. The summed E-state index contributed by atoms with van der Waals surface area (Å²) in [4.78, 5) is 26.4. The minimum absolute atomic E-state index is 0.110. The minimum Gasteiger partial charge on any atom is -0.322 e. The number of para-hydroxylation sites is 1. The first-order valence-corrected chi connectivity index (χ1v) is 8.84. The van der Waals surface area contributed by atoms with E-state index < -0.39 is 0 Å². The van der Waals surface area contributed by atoms with Crippen LogP contribution in [0.4, 0.5) is 11.4 Å². The fraction of sp³-hybridized carbons (Fsp3) is 0.0476. The van der Waals surface area contributed by atoms with Crippen molar-refractivity contribution in [2.75, 3.05) is 17.3 Å². The Kier molecular flexibility index (Phi) is 5.49. The number of nitrogens with zero attached hydrogens (tertiary/aromatic N) is 1. The Morgan fingerprint density at radius 3 is 2.19 bits per heavy atom. The number of hydrogen-bond donors (Lipinski definition) is 1. The molecule has 0 bridgehead atoms. The maximum atomic E-state index is 12.6. The van der Waals surface area contributed by atoms with Gasteiger partial charge in [0.05, 0.1) is 0 Å². The maximum Gasteiger partial charge on any atom is 0.258 e. The van der Waals surface area contributed by atoms with E-state index in [9.17, 15) is 9.59 Å². The van der Waals surface area contributed by atoms with Gasteiger partial charge in [-0.15, -0.1) is 0 Å². The molecule has 0 fully saturated rings. The lowest BCUT2D eigenvalue weighted by atomic mass is 10.1. The third kappa shape index (κ3) is 4.18. The Morgan fingerprint density at radius 1 is 0.846 bits per heavy atom. The molecule has 0 unspecified atom stereocenters. The van der Waals surface area contributed by atoms with Gasteiger partial charge in [-0.1, -0.05) is 40.2 Å². The van der Waals surface area contributed by atoms with Crippen LogP contribution < -0.4 is 10.2 Å². The van der Waals surface area contributed by atoms with Gasteiger partial charge in [0, 0.05) is 34.0 Å². The summed E-state index contributed by atoms with van der Waals surface area (Å²) in [6, 6.07) is 23.5. The van der Waals surface area contributed by atoms with Gasteiger partial charge in [0.2, 0.25) is 0 Å². The van der Waals surface area contributed by atoms with Crippen LogP contribution in [-0.4, -0.2) is 18.9 Å². The largest absolute Gasteiger partial charge is 0.322 e. The predicted octanol–water partition coefficient (Wildman–Crippen LogP) is 4.98. The molecule has 3 rings (SSSR count). The van der Waals surface area contributed by atoms with Gasteiger partial charge in [0.25, 0.3) is 11.8 Å². The first-order chi connectivity index (χ1) is 12.5. The molecule has 0 aliphatic carbocycles. The molecule has 2 amide bonds. The highest BCUT2D eigenvalue weighted by Gasteiger charge is 2.13. The smallest absolute Gasteiger partial charge is 0.258 e. The molecule has 0 aromatic heterocycles. The zero-order valence-corrected chi connectivity index (χ0v) is 15.7. The molecular weight excluding hydrogens is 392 g/mol. The van der Waals surface area contributed by atoms with Crippen LogP contribution >= 0.6 is 15.9 Å². The predicted molar refractivity (Wildman–Crippen MR) is 108 cm³/mol. The fourth-order valence-corrected chi connectivity index (χ4v) is 2.89. The zero-order valence-electron chi connectivity index (χ0n) is 14.1. The molecule has 5 heteroatoms. The normalized spacial score (nSPS) is 10.2. The third-order valence-corrected chi connectivity index (χ3v) is 4.42. The van der Waals surface area contributed by atoms with Crippen molar-refractivity contribution in [2.45, 2.75) is 0 Å². The number of amides is 2. The average Bonchev–Trinajstić information content (AvgIpc) is 2.68. The van der Waals surface area contributed by atoms with E-state index in [1.807, 2.05) is 36.4 Å². The van der Waals surface area contributed by atoms with Crippen molar-refractivity contribution in [3.63, 3.8) is 0 Å². The molecule has 0 saturated heterocycles. The van der Waals surface area contributed by atoms with Gasteiger partial charge >= 0.3 is 0 Å². The van der Waals surface area contributed by atoms with Gasteiger partial charge < -0.3 is 10.2 Å². The first-order valence-electron chi connectivity index (χ1n) is 8.05. The van der Waals surface area contributed by atoms with E-state index in [4.69, 9.17) is 0 Å². The van der Waals surface area contributed by atoms with Crippen LogP contribution in [0.25, 0.3) is 0 Å². The summed E-state index contributed by atoms with van der Waals surface area (Å²) in [6.45, 7) is 0. The Bertz CT molecular complexity index is 924. The van der Waals surface area contributed by atoms with Crippen LogP contribution in [0.2, 0.25) is 0 Å². The van der Waals surface area contributed by atoms with Gasteiger partial charge in [-0.2, -0.15) is 0 Å². The van der Waals surface area contributed by atoms with E-state index in [0.29, 0.717) is 16.8 Å². The molecule has 1 N–H and O–H groups in total. The lowest BCUT2D eigenvalue weighted by Gasteiger charge is -2.17. The molecule has 4 nitrogen and oxygen atoms in total. The number of carbonyl (C=O) groups excluding carboxylic acids is 2. The zero-order chi connectivity index (χ0) is 18.5. The highest BCUT2D eigenvalue weighted by Crippen LogP contribution is 2.18. The van der Waals surface area contributed by atoms with Gasteiger partial charge in [-0.25, -0.2) is 0 Å². The van der Waals surface area contributed by atoms with Crippen molar-refractivity contribution < 1.29 is 9.59 Å². The lowest BCUT2D eigenvalue weighted by Crippen LogP contribution is -2.26. The van der Waals surface area contributed by atoms with E-state index >= 15 is 0 Å². The van der Waals surface area contributed by atoms with E-state index in [1.165, 1.54) is 0 Å². The Balaban J connectivity index is 1.70. The molecule has 3 aromatic carbocycles. The van der Waals surface area contributed by atoms with Gasteiger partial charge in [-0.05, 0) is 54.6 Å². The SMILES string of the molecule is CN(C(=O)c1ccc(NC(=O)c2cccc(Br)c2)cc1)c1ccccc1. The second-order valence-corrected chi connectivity index (χ2v) is 6.66. The van der Waals surface area contributed by atoms with Crippen LogP contribution in [0.5, 0.6) is 0 Å². The summed E-state index contributed by atoms with van der Waals surface area (Å²) in [7, 11) is 1.74. The van der Waals surface area contributed by atoms with E-state index in [2.05, 4.69) is 21.2 Å². The van der Waals surface area contributed by atoms with E-state index in [-0.39, 0.29) is 11.8 Å². The van der Waals surface area contributed by atoms with E-state index in [0.717, 1.165) is 10.2 Å². The summed E-state index contributed by atoms with van der Waals surface area (Å²) >= 11 is 3.35. The Labute approximate surface area is 160 Å². The number of hydrogen-bond acceptors (Lipinski definition) is 2. The van der Waals surface area contributed by atoms with Crippen molar-refractivity contribution in [1.82, 2.24) is 0 Å². The van der Waals surface area contributed by atoms with Crippen molar-refractivity contribution >= 4 is 39.1 Å². The molecule has 0 aliphatic rings. The lowest BCUT2D eigenvalue weighted by molar-refractivity contribution is 0.0991. The average molecular weight is 409 g/mol. The molecule has 0 aliphatic heterocycles. The highest BCUT2D eigenvalue weighted by atomic mass is 79.9. The molecule has 0 radical (unpaired) electrons. The quantitative estimate of drug-likeness (QED) is 0.661. The van der Waals surface area contributed by atoms with Crippen LogP contribution in [-0.2, 0) is 0 Å². The topological polar surface area (TPSA) is 49.4 Å². The van der Waals surface area contributed by atoms with Crippen LogP contribution in [0.3, 0.4) is 0 Å². The molecule has 0 atom stereocenters. The molecule has 0 heterocycles. The van der Waals surface area contributed by atoms with Crippen molar-refractivity contribution in [3.8, 4) is 0 Å². The van der Waals surface area contributed by atoms with E-state index in [1.54, 1.807) is 54.4 Å². The van der Waals surface area contributed by atoms with Crippen molar-refractivity contribution in [2.24, 2.45) is 0 Å². The second kappa shape index (κ2) is 7.97. The first kappa shape index (κ1) is 17.9. The number of rotatable bonds is 4. The Morgan fingerprint density at radius 2 is 1.54 bits per heavy atom. The van der Waals surface area contributed by atoms with Crippen LogP contribution in [0.15, 0.2) is 83.3 Å². The number of nitrogens with one attached hydrogen (secondary N) is 1. The number of carbonyl (C=O) groups is 2. The molecule has 0 saturated carbocycles. The molecule has 0 spiro atoms. The van der Waals surface area contributed by atoms with Crippen LogP contribution in [0.1, 0.15) is 20.7 Å². The molecule has 26 heavy (non-hydrogen) atoms. The second-order valence-electron chi connectivity index (χ2n) is 5.74. The Hall–Kier alpha value is -2.92. The standard InChI is InChI=1S/C21H17BrN2O2/c1-24(19-8-3-2-4-9-19)21(26)15-10-12-18(13-11-15)23-20(25)16-6-5-7-17(22)14-16/h2-14H,1H3,(H,23,25). The highest BCUT2D eigenvalue weighted by molar-refractivity contribution is 9.10. The van der Waals surface area contributed by atoms with Gasteiger partial charge in [0.15, 0.2) is 0 Å².